The van der Waals surface area contributed by atoms with Crippen molar-refractivity contribution in [1.29, 1.82) is 0 Å². The van der Waals surface area contributed by atoms with Gasteiger partial charge in [-0.25, -0.2) is 4.39 Å². The first-order chi connectivity index (χ1) is 19.1. The summed E-state index contributed by atoms with van der Waals surface area (Å²) in [6, 6.07) is 17.8. The molecule has 1 N–H and O–H groups in total. The zero-order chi connectivity index (χ0) is 29.0. The molecule has 1 heterocycles. The Labute approximate surface area is 235 Å². The van der Waals surface area contributed by atoms with Gasteiger partial charge in [0.15, 0.2) is 0 Å². The molecule has 0 aliphatic carbocycles. The predicted molar refractivity (Wildman–Crippen MR) is 153 cm³/mol. The van der Waals surface area contributed by atoms with Gasteiger partial charge in [-0.1, -0.05) is 38.1 Å². The van der Waals surface area contributed by atoms with Crippen molar-refractivity contribution < 1.29 is 28.6 Å². The Morgan fingerprint density at radius 1 is 0.975 bits per heavy atom. The van der Waals surface area contributed by atoms with Crippen LogP contribution in [-0.2, 0) is 16.0 Å². The lowest BCUT2D eigenvalue weighted by atomic mass is 9.93. The maximum Gasteiger partial charge on any atom is 0.295 e. The molecule has 3 aromatic rings. The Morgan fingerprint density at radius 2 is 1.65 bits per heavy atom. The Bertz CT molecular complexity index is 1390. The van der Waals surface area contributed by atoms with Crippen LogP contribution in [0.1, 0.15) is 68.8 Å². The SMILES string of the molecule is CCOc1ccc(/C(O)=C2/C(=O)C(=O)N(CCc3ccc(F)cc3)C2c2ccc(OC(C)C)cc2)cc1C(C)C. The molecule has 0 spiro atoms. The van der Waals surface area contributed by atoms with Crippen molar-refractivity contribution >= 4 is 17.4 Å². The quantitative estimate of drug-likeness (QED) is 0.172. The van der Waals surface area contributed by atoms with Gasteiger partial charge in [0.25, 0.3) is 11.7 Å². The summed E-state index contributed by atoms with van der Waals surface area (Å²) in [7, 11) is 0. The number of benzene rings is 3. The molecule has 1 amide bonds. The van der Waals surface area contributed by atoms with E-state index in [0.717, 1.165) is 11.1 Å². The highest BCUT2D eigenvalue weighted by atomic mass is 19.1. The van der Waals surface area contributed by atoms with Gasteiger partial charge >= 0.3 is 0 Å². The highest BCUT2D eigenvalue weighted by Gasteiger charge is 2.46. The van der Waals surface area contributed by atoms with Crippen LogP contribution in [0, 0.1) is 5.82 Å². The maximum atomic E-state index is 13.5. The van der Waals surface area contributed by atoms with E-state index in [1.807, 2.05) is 52.8 Å². The fourth-order valence-electron chi connectivity index (χ4n) is 4.95. The van der Waals surface area contributed by atoms with Crippen LogP contribution in [-0.4, -0.2) is 41.0 Å². The zero-order valence-corrected chi connectivity index (χ0v) is 23.6. The number of rotatable bonds is 10. The van der Waals surface area contributed by atoms with Crippen molar-refractivity contribution in [1.82, 2.24) is 4.90 Å². The summed E-state index contributed by atoms with van der Waals surface area (Å²) in [5.74, 6) is -0.530. The predicted octanol–water partition coefficient (Wildman–Crippen LogP) is 6.80. The van der Waals surface area contributed by atoms with Crippen LogP contribution < -0.4 is 9.47 Å². The van der Waals surface area contributed by atoms with Gasteiger partial charge in [0, 0.05) is 12.1 Å². The van der Waals surface area contributed by atoms with E-state index in [0.29, 0.717) is 35.7 Å². The number of amides is 1. The van der Waals surface area contributed by atoms with Gasteiger partial charge in [-0.3, -0.25) is 9.59 Å². The zero-order valence-electron chi connectivity index (χ0n) is 23.6. The van der Waals surface area contributed by atoms with Crippen molar-refractivity contribution in [2.45, 2.75) is 59.1 Å². The number of ether oxygens (including phenoxy) is 2. The number of Topliss-reactive ketones (excluding diaryl/α,β-unsaturated/α-hetero) is 1. The van der Waals surface area contributed by atoms with Gasteiger partial charge in [0.1, 0.15) is 23.1 Å². The lowest BCUT2D eigenvalue weighted by Crippen LogP contribution is -2.31. The average molecular weight is 546 g/mol. The molecule has 7 heteroatoms. The number of nitrogens with zero attached hydrogens (tertiary/aromatic N) is 1. The van der Waals surface area contributed by atoms with Gasteiger partial charge in [0.05, 0.1) is 24.3 Å². The van der Waals surface area contributed by atoms with Crippen molar-refractivity contribution in [3.8, 4) is 11.5 Å². The molecule has 0 bridgehead atoms. The third kappa shape index (κ3) is 6.19. The summed E-state index contributed by atoms with van der Waals surface area (Å²) in [5, 5.41) is 11.5. The molecule has 1 aliphatic heterocycles. The second-order valence-electron chi connectivity index (χ2n) is 10.4. The molecular weight excluding hydrogens is 509 g/mol. The second kappa shape index (κ2) is 12.4. The molecule has 1 unspecified atom stereocenters. The lowest BCUT2D eigenvalue weighted by molar-refractivity contribution is -0.139. The summed E-state index contributed by atoms with van der Waals surface area (Å²) in [6.45, 7) is 10.5. The van der Waals surface area contributed by atoms with Gasteiger partial charge in [-0.05, 0) is 92.3 Å². The van der Waals surface area contributed by atoms with Gasteiger partial charge in [0.2, 0.25) is 0 Å². The fraction of sp³-hybridized carbons (Fsp3) is 0.333. The van der Waals surface area contributed by atoms with Crippen molar-refractivity contribution in [3.63, 3.8) is 0 Å². The highest BCUT2D eigenvalue weighted by Crippen LogP contribution is 2.41. The summed E-state index contributed by atoms with van der Waals surface area (Å²) in [4.78, 5) is 28.3. The van der Waals surface area contributed by atoms with E-state index in [-0.39, 0.29) is 35.7 Å². The Kier molecular flexibility index (Phi) is 8.93. The first kappa shape index (κ1) is 28.9. The molecule has 0 saturated carbocycles. The first-order valence-corrected chi connectivity index (χ1v) is 13.7. The summed E-state index contributed by atoms with van der Waals surface area (Å²) < 4.78 is 25.0. The highest BCUT2D eigenvalue weighted by molar-refractivity contribution is 6.46. The third-order valence-corrected chi connectivity index (χ3v) is 6.87. The molecule has 1 fully saturated rings. The lowest BCUT2D eigenvalue weighted by Gasteiger charge is -2.26. The Morgan fingerprint density at radius 3 is 2.25 bits per heavy atom. The number of likely N-dealkylation sites (tertiary alicyclic amines) is 1. The monoisotopic (exact) mass is 545 g/mol. The van der Waals surface area contributed by atoms with E-state index in [2.05, 4.69) is 0 Å². The normalized spacial score (nSPS) is 16.7. The van der Waals surface area contributed by atoms with Crippen LogP contribution in [0.3, 0.4) is 0 Å². The van der Waals surface area contributed by atoms with E-state index in [1.165, 1.54) is 17.0 Å². The molecule has 6 nitrogen and oxygen atoms in total. The van der Waals surface area contributed by atoms with E-state index in [1.54, 1.807) is 36.4 Å². The van der Waals surface area contributed by atoms with Crippen LogP contribution >= 0.6 is 0 Å². The second-order valence-corrected chi connectivity index (χ2v) is 10.4. The summed E-state index contributed by atoms with van der Waals surface area (Å²) >= 11 is 0. The molecular formula is C33H36FNO5. The molecule has 4 rings (SSSR count). The number of carbonyl (C=O) groups excluding carboxylic acids is 2. The van der Waals surface area contributed by atoms with Crippen molar-refractivity contribution in [3.05, 3.63) is 100 Å². The topological polar surface area (TPSA) is 76.1 Å². The largest absolute Gasteiger partial charge is 0.507 e. The number of aliphatic hydroxyl groups excluding tert-OH is 1. The average Bonchev–Trinajstić information content (AvgIpc) is 3.17. The first-order valence-electron chi connectivity index (χ1n) is 13.7. The number of hydrogen-bond donors (Lipinski definition) is 1. The maximum absolute atomic E-state index is 13.5. The van der Waals surface area contributed by atoms with Crippen LogP contribution in [0.15, 0.2) is 72.3 Å². The fourth-order valence-corrected chi connectivity index (χ4v) is 4.95. The molecule has 1 aliphatic rings. The van der Waals surface area contributed by atoms with E-state index in [9.17, 15) is 19.1 Å². The molecule has 1 atom stereocenters. The van der Waals surface area contributed by atoms with Gasteiger partial charge in [-0.15, -0.1) is 0 Å². The van der Waals surface area contributed by atoms with Crippen LogP contribution in [0.5, 0.6) is 11.5 Å². The summed E-state index contributed by atoms with van der Waals surface area (Å²) in [5.41, 5.74) is 2.86. The third-order valence-electron chi connectivity index (χ3n) is 6.87. The Hall–Kier alpha value is -4.13. The van der Waals surface area contributed by atoms with E-state index < -0.39 is 17.7 Å². The minimum absolute atomic E-state index is 0.0120. The minimum Gasteiger partial charge on any atom is -0.507 e. The molecule has 3 aromatic carbocycles. The molecule has 40 heavy (non-hydrogen) atoms. The van der Waals surface area contributed by atoms with Crippen molar-refractivity contribution in [2.75, 3.05) is 13.2 Å². The molecule has 0 aromatic heterocycles. The summed E-state index contributed by atoms with van der Waals surface area (Å²) in [6.07, 6.45) is 0.404. The number of carbonyl (C=O) groups is 2. The molecule has 1 saturated heterocycles. The Balaban J connectivity index is 1.79. The number of halogens is 1. The molecule has 0 radical (unpaired) electrons. The number of aliphatic hydroxyl groups is 1. The molecule has 210 valence electrons. The van der Waals surface area contributed by atoms with Crippen LogP contribution in [0.4, 0.5) is 4.39 Å². The van der Waals surface area contributed by atoms with Gasteiger partial charge in [-0.2, -0.15) is 0 Å². The van der Waals surface area contributed by atoms with Crippen LogP contribution in [0.2, 0.25) is 0 Å². The smallest absolute Gasteiger partial charge is 0.295 e. The minimum atomic E-state index is -0.803. The number of ketones is 1. The van der Waals surface area contributed by atoms with E-state index in [4.69, 9.17) is 9.47 Å². The van der Waals surface area contributed by atoms with Crippen LogP contribution in [0.25, 0.3) is 5.76 Å². The van der Waals surface area contributed by atoms with Crippen molar-refractivity contribution in [2.24, 2.45) is 0 Å². The standard InChI is InChI=1S/C33H36FNO5/c1-6-39-28-16-11-24(19-27(28)20(2)3)31(36)29-30(23-9-14-26(15-10-23)40-21(4)5)35(33(38)32(29)37)18-17-22-7-12-25(34)13-8-22/h7-16,19-21,30,36H,6,17-18H2,1-5H3/b31-29-. The van der Waals surface area contributed by atoms with Gasteiger partial charge < -0.3 is 19.5 Å². The number of hydrogen-bond acceptors (Lipinski definition) is 5. The van der Waals surface area contributed by atoms with E-state index >= 15 is 0 Å².